The van der Waals surface area contributed by atoms with Crippen LogP contribution in [0.3, 0.4) is 0 Å². The highest BCUT2D eigenvalue weighted by atomic mass is 14.4. The topological polar surface area (TPSA) is 0 Å². The van der Waals surface area contributed by atoms with Crippen LogP contribution < -0.4 is 0 Å². The molecule has 1 aliphatic rings. The lowest BCUT2D eigenvalue weighted by Crippen LogP contribution is -2.15. The fourth-order valence-corrected chi connectivity index (χ4v) is 8.62. The van der Waals surface area contributed by atoms with Crippen molar-refractivity contribution in [2.75, 3.05) is 0 Å². The summed E-state index contributed by atoms with van der Waals surface area (Å²) in [4.78, 5) is 0. The predicted octanol–water partition coefficient (Wildman–Crippen LogP) is 13.6. The molecule has 0 bridgehead atoms. The van der Waals surface area contributed by atoms with Crippen LogP contribution in [0.25, 0.3) is 87.6 Å². The van der Waals surface area contributed by atoms with E-state index in [1.807, 2.05) is 0 Å². The molecule has 0 unspecified atom stereocenters. The SMILES string of the molecule is CC1(C)c2cc(-c3cccc(-c4c5ccccc5c(-c5ccccc5)c5c4ccc4ccccc45)c3)ccc2-c2cc3ccccc3cc21. The van der Waals surface area contributed by atoms with E-state index in [9.17, 15) is 0 Å². The number of fused-ring (bicyclic) bond motifs is 8. The quantitative estimate of drug-likeness (QED) is 0.136. The van der Waals surface area contributed by atoms with Gasteiger partial charge in [-0.25, -0.2) is 0 Å². The Balaban J connectivity index is 1.20. The van der Waals surface area contributed by atoms with Gasteiger partial charge in [0.25, 0.3) is 0 Å². The number of rotatable bonds is 3. The van der Waals surface area contributed by atoms with Gasteiger partial charge < -0.3 is 0 Å². The minimum absolute atomic E-state index is 0.0803. The molecule has 0 saturated heterocycles. The summed E-state index contributed by atoms with van der Waals surface area (Å²) in [5.74, 6) is 0. The molecule has 230 valence electrons. The lowest BCUT2D eigenvalue weighted by molar-refractivity contribution is 0.661. The normalized spacial score (nSPS) is 13.3. The van der Waals surface area contributed by atoms with Crippen LogP contribution >= 0.6 is 0 Å². The van der Waals surface area contributed by atoms with Gasteiger partial charge in [-0.05, 0) is 123 Å². The van der Waals surface area contributed by atoms with E-state index in [2.05, 4.69) is 184 Å². The van der Waals surface area contributed by atoms with Gasteiger partial charge in [-0.2, -0.15) is 0 Å². The summed E-state index contributed by atoms with van der Waals surface area (Å²) in [6.07, 6.45) is 0. The molecule has 0 heterocycles. The van der Waals surface area contributed by atoms with Crippen molar-refractivity contribution in [3.05, 3.63) is 181 Å². The Bertz CT molecular complexity index is 2780. The standard InChI is InChI=1S/C49H34/c1-49(2)44-30-36(24-25-39(44)43-28-34-16-6-7-17-35(34)29-45(43)49)33-18-12-19-37(27-33)46-40-21-10-11-22-41(40)47(32-14-4-3-5-15-32)48-38-20-9-8-13-31(38)23-26-42(46)48/h3-30H,1-2H3. The minimum Gasteiger partial charge on any atom is -0.0622 e. The van der Waals surface area contributed by atoms with Crippen LogP contribution in [0.1, 0.15) is 25.0 Å². The molecule has 0 spiro atoms. The second kappa shape index (κ2) is 10.5. The first kappa shape index (κ1) is 28.1. The average Bonchev–Trinajstić information content (AvgIpc) is 3.37. The van der Waals surface area contributed by atoms with Crippen molar-refractivity contribution in [1.82, 2.24) is 0 Å². The lowest BCUT2D eigenvalue weighted by atomic mass is 9.81. The van der Waals surface area contributed by atoms with Crippen molar-refractivity contribution in [2.45, 2.75) is 19.3 Å². The molecule has 0 amide bonds. The minimum atomic E-state index is -0.0803. The van der Waals surface area contributed by atoms with E-state index in [0.717, 1.165) is 0 Å². The maximum atomic E-state index is 2.45. The molecule has 0 heteroatoms. The first-order valence-corrected chi connectivity index (χ1v) is 17.3. The van der Waals surface area contributed by atoms with Gasteiger partial charge in [0.15, 0.2) is 0 Å². The fraction of sp³-hybridized carbons (Fsp3) is 0.0612. The average molecular weight is 623 g/mol. The molecule has 9 aromatic carbocycles. The molecule has 0 aromatic heterocycles. The van der Waals surface area contributed by atoms with Gasteiger partial charge in [0.1, 0.15) is 0 Å². The molecule has 0 fully saturated rings. The highest BCUT2D eigenvalue weighted by Gasteiger charge is 2.36. The second-order valence-corrected chi connectivity index (χ2v) is 14.1. The summed E-state index contributed by atoms with van der Waals surface area (Å²) in [5, 5.41) is 10.3. The molecule has 0 atom stereocenters. The van der Waals surface area contributed by atoms with Crippen LogP contribution in [0.4, 0.5) is 0 Å². The monoisotopic (exact) mass is 622 g/mol. The van der Waals surface area contributed by atoms with Crippen molar-refractivity contribution in [2.24, 2.45) is 0 Å². The Morgan fingerprint density at radius 3 is 1.71 bits per heavy atom. The molecule has 0 nitrogen and oxygen atoms in total. The zero-order valence-corrected chi connectivity index (χ0v) is 27.7. The Morgan fingerprint density at radius 1 is 0.327 bits per heavy atom. The molecule has 0 saturated carbocycles. The van der Waals surface area contributed by atoms with Crippen molar-refractivity contribution in [3.8, 4) is 44.5 Å². The van der Waals surface area contributed by atoms with Gasteiger partial charge >= 0.3 is 0 Å². The van der Waals surface area contributed by atoms with E-state index in [1.54, 1.807) is 0 Å². The summed E-state index contributed by atoms with van der Waals surface area (Å²) in [6, 6.07) is 63.2. The summed E-state index contributed by atoms with van der Waals surface area (Å²) >= 11 is 0. The largest absolute Gasteiger partial charge is 0.0622 e. The lowest BCUT2D eigenvalue weighted by Gasteiger charge is -2.22. The van der Waals surface area contributed by atoms with Crippen molar-refractivity contribution >= 4 is 43.1 Å². The van der Waals surface area contributed by atoms with E-state index in [0.29, 0.717) is 0 Å². The van der Waals surface area contributed by atoms with Crippen LogP contribution in [0.15, 0.2) is 170 Å². The summed E-state index contributed by atoms with van der Waals surface area (Å²) in [5.41, 5.74) is 13.0. The van der Waals surface area contributed by atoms with Crippen LogP contribution in [0.5, 0.6) is 0 Å². The van der Waals surface area contributed by atoms with Crippen LogP contribution in [-0.2, 0) is 5.41 Å². The van der Waals surface area contributed by atoms with Gasteiger partial charge in [-0.1, -0.05) is 159 Å². The molecule has 0 aliphatic heterocycles. The highest BCUT2D eigenvalue weighted by molar-refractivity contribution is 6.28. The molecule has 10 rings (SSSR count). The maximum Gasteiger partial charge on any atom is 0.0159 e. The number of hydrogen-bond donors (Lipinski definition) is 0. The number of hydrogen-bond acceptors (Lipinski definition) is 0. The van der Waals surface area contributed by atoms with E-state index < -0.39 is 0 Å². The summed E-state index contributed by atoms with van der Waals surface area (Å²) in [7, 11) is 0. The van der Waals surface area contributed by atoms with E-state index >= 15 is 0 Å². The predicted molar refractivity (Wildman–Crippen MR) is 210 cm³/mol. The van der Waals surface area contributed by atoms with Crippen molar-refractivity contribution < 1.29 is 0 Å². The summed E-state index contributed by atoms with van der Waals surface area (Å²) < 4.78 is 0. The molecule has 9 aromatic rings. The third-order valence-electron chi connectivity index (χ3n) is 11.0. The van der Waals surface area contributed by atoms with Gasteiger partial charge in [0.05, 0.1) is 0 Å². The van der Waals surface area contributed by atoms with Gasteiger partial charge in [-0.3, -0.25) is 0 Å². The molecular formula is C49H34. The zero-order valence-electron chi connectivity index (χ0n) is 27.7. The van der Waals surface area contributed by atoms with E-state index in [1.165, 1.54) is 98.7 Å². The van der Waals surface area contributed by atoms with Crippen LogP contribution in [-0.4, -0.2) is 0 Å². The van der Waals surface area contributed by atoms with Crippen LogP contribution in [0, 0.1) is 0 Å². The van der Waals surface area contributed by atoms with E-state index in [-0.39, 0.29) is 5.41 Å². The zero-order chi connectivity index (χ0) is 32.7. The molecular weight excluding hydrogens is 589 g/mol. The Labute approximate surface area is 286 Å². The maximum absolute atomic E-state index is 2.45. The Hall–Kier alpha value is -5.98. The first-order chi connectivity index (χ1) is 24.1. The van der Waals surface area contributed by atoms with E-state index in [4.69, 9.17) is 0 Å². The van der Waals surface area contributed by atoms with Crippen LogP contribution in [0.2, 0.25) is 0 Å². The Morgan fingerprint density at radius 2 is 0.918 bits per heavy atom. The molecule has 49 heavy (non-hydrogen) atoms. The fourth-order valence-electron chi connectivity index (χ4n) is 8.62. The smallest absolute Gasteiger partial charge is 0.0159 e. The van der Waals surface area contributed by atoms with Gasteiger partial charge in [0.2, 0.25) is 0 Å². The summed E-state index contributed by atoms with van der Waals surface area (Å²) in [6.45, 7) is 4.76. The third kappa shape index (κ3) is 4.17. The van der Waals surface area contributed by atoms with Crippen molar-refractivity contribution in [3.63, 3.8) is 0 Å². The van der Waals surface area contributed by atoms with Gasteiger partial charge in [-0.15, -0.1) is 0 Å². The molecule has 1 aliphatic carbocycles. The second-order valence-electron chi connectivity index (χ2n) is 14.1. The number of benzene rings is 9. The molecule has 0 N–H and O–H groups in total. The Kier molecular flexibility index (Phi) is 6.02. The van der Waals surface area contributed by atoms with Crippen molar-refractivity contribution in [1.29, 1.82) is 0 Å². The third-order valence-corrected chi connectivity index (χ3v) is 11.0. The first-order valence-electron chi connectivity index (χ1n) is 17.3. The molecule has 0 radical (unpaired) electrons. The highest BCUT2D eigenvalue weighted by Crippen LogP contribution is 2.51. The van der Waals surface area contributed by atoms with Gasteiger partial charge in [0, 0.05) is 5.41 Å².